The summed E-state index contributed by atoms with van der Waals surface area (Å²) in [6.45, 7) is 0. The van der Waals surface area contributed by atoms with Crippen LogP contribution in [0.1, 0.15) is 6.42 Å². The van der Waals surface area contributed by atoms with E-state index in [1.54, 1.807) is 6.42 Å². The molecule has 40 valence electrons. The third-order valence-electron chi connectivity index (χ3n) is 0.709. The molecule has 2 heteroatoms. The summed E-state index contributed by atoms with van der Waals surface area (Å²) in [5.41, 5.74) is 0. The maximum absolute atomic E-state index is 11.9. The average Bonchev–Trinajstić information content (AvgIpc) is 1.69. The standard InChI is InChI=1S/C6H4F.U/c7-6-4-2-1-3-5-6;/h1,4H,2H2;/q-1;. The number of allylic oxidation sites excluding steroid dienone is 2. The second kappa shape index (κ2) is 4.07. The maximum Gasteiger partial charge on any atom is 0.0700 e. The van der Waals surface area contributed by atoms with Crippen LogP contribution < -0.4 is 0 Å². The van der Waals surface area contributed by atoms with Gasteiger partial charge in [-0.15, -0.1) is 0 Å². The van der Waals surface area contributed by atoms with Crippen molar-refractivity contribution in [2.45, 2.75) is 6.42 Å². The van der Waals surface area contributed by atoms with Gasteiger partial charge in [0.05, 0.1) is 5.83 Å². The molecular weight excluding hydrogens is 329 g/mol. The van der Waals surface area contributed by atoms with E-state index in [9.17, 15) is 4.39 Å². The fourth-order valence-corrected chi connectivity index (χ4v) is 0.392. The fraction of sp³-hybridized carbons (Fsp3) is 0.167. The van der Waals surface area contributed by atoms with E-state index in [2.05, 4.69) is 11.8 Å². The molecule has 0 fully saturated rings. The first-order chi connectivity index (χ1) is 3.39. The Labute approximate surface area is 71.9 Å². The zero-order valence-corrected chi connectivity index (χ0v) is 8.40. The molecule has 0 aliphatic heterocycles. The molecule has 0 amide bonds. The summed E-state index contributed by atoms with van der Waals surface area (Å²) in [5, 5.41) is 0. The van der Waals surface area contributed by atoms with Gasteiger partial charge in [0, 0.05) is 31.1 Å². The van der Waals surface area contributed by atoms with Gasteiger partial charge in [0.2, 0.25) is 0 Å². The van der Waals surface area contributed by atoms with E-state index in [0.29, 0.717) is 6.42 Å². The van der Waals surface area contributed by atoms with Crippen molar-refractivity contribution in [1.82, 2.24) is 0 Å². The van der Waals surface area contributed by atoms with E-state index in [0.717, 1.165) is 0 Å². The number of halogens is 1. The molecule has 0 aromatic carbocycles. The Hall–Kier alpha value is 0.152. The van der Waals surface area contributed by atoms with Gasteiger partial charge in [-0.2, -0.15) is 6.42 Å². The van der Waals surface area contributed by atoms with Gasteiger partial charge < -0.3 is 0 Å². The Bertz CT molecular complexity index is 150. The third-order valence-corrected chi connectivity index (χ3v) is 0.709. The van der Waals surface area contributed by atoms with Crippen LogP contribution in [-0.4, -0.2) is 0 Å². The van der Waals surface area contributed by atoms with Crippen LogP contribution in [0.25, 0.3) is 0 Å². The average molecular weight is 333 g/mol. The monoisotopic (exact) mass is 333 g/mol. The van der Waals surface area contributed by atoms with Gasteiger partial charge >= 0.3 is 0 Å². The minimum absolute atomic E-state index is 0. The molecule has 0 saturated carbocycles. The van der Waals surface area contributed by atoms with Crippen LogP contribution in [0.15, 0.2) is 11.9 Å². The van der Waals surface area contributed by atoms with Crippen molar-refractivity contribution in [3.05, 3.63) is 18.3 Å². The van der Waals surface area contributed by atoms with Crippen LogP contribution in [0.2, 0.25) is 0 Å². The minimum atomic E-state index is -0.303. The first-order valence-corrected chi connectivity index (χ1v) is 2.08. The van der Waals surface area contributed by atoms with Crippen molar-refractivity contribution in [2.75, 3.05) is 0 Å². The molecule has 0 nitrogen and oxygen atoms in total. The molecule has 0 heterocycles. The second-order valence-electron chi connectivity index (χ2n) is 1.26. The van der Waals surface area contributed by atoms with E-state index in [1.807, 2.05) is 0 Å². The van der Waals surface area contributed by atoms with Gasteiger partial charge in [0.1, 0.15) is 0 Å². The molecule has 0 bridgehead atoms. The molecule has 0 atom stereocenters. The largest absolute Gasteiger partial charge is 0.287 e. The van der Waals surface area contributed by atoms with Crippen molar-refractivity contribution in [2.24, 2.45) is 0 Å². The first kappa shape index (κ1) is 8.15. The van der Waals surface area contributed by atoms with E-state index in [4.69, 9.17) is 0 Å². The van der Waals surface area contributed by atoms with Crippen LogP contribution in [0.3, 0.4) is 0 Å². The number of hydrogen-bond acceptors (Lipinski definition) is 0. The quantitative estimate of drug-likeness (QED) is 0.465. The second-order valence-corrected chi connectivity index (χ2v) is 1.26. The van der Waals surface area contributed by atoms with Crippen molar-refractivity contribution < 1.29 is 35.5 Å². The van der Waals surface area contributed by atoms with Gasteiger partial charge in [-0.25, -0.2) is 4.39 Å². The van der Waals surface area contributed by atoms with Gasteiger partial charge in [0.25, 0.3) is 0 Å². The molecule has 0 N–H and O–H groups in total. The summed E-state index contributed by atoms with van der Waals surface area (Å²) in [7, 11) is 0. The Morgan fingerprint density at radius 2 is 2.50 bits per heavy atom. The van der Waals surface area contributed by atoms with Crippen LogP contribution in [0, 0.1) is 49.4 Å². The summed E-state index contributed by atoms with van der Waals surface area (Å²) >= 11 is 0. The Kier molecular flexibility index (Phi) is 4.15. The molecule has 0 radical (unpaired) electrons. The summed E-state index contributed by atoms with van der Waals surface area (Å²) in [6, 6.07) is 0. The Morgan fingerprint density at radius 3 is 2.75 bits per heavy atom. The van der Waals surface area contributed by atoms with Gasteiger partial charge in [0.15, 0.2) is 0 Å². The van der Waals surface area contributed by atoms with Crippen molar-refractivity contribution in [3.8, 4) is 11.8 Å². The molecule has 1 aliphatic carbocycles. The summed E-state index contributed by atoms with van der Waals surface area (Å²) in [5.74, 6) is 4.48. The predicted octanol–water partition coefficient (Wildman–Crippen LogP) is 1.45. The smallest absolute Gasteiger partial charge is 0.0700 e. The summed E-state index contributed by atoms with van der Waals surface area (Å²) in [6.07, 6.45) is 3.83. The molecule has 1 rings (SSSR count). The normalized spacial score (nSPS) is 13.9. The molecule has 0 saturated heterocycles. The Morgan fingerprint density at radius 1 is 1.75 bits per heavy atom. The topological polar surface area (TPSA) is 0 Å². The molecule has 0 aromatic heterocycles. The van der Waals surface area contributed by atoms with E-state index in [-0.39, 0.29) is 36.9 Å². The molecule has 0 unspecified atom stereocenters. The van der Waals surface area contributed by atoms with E-state index in [1.165, 1.54) is 6.08 Å². The van der Waals surface area contributed by atoms with E-state index < -0.39 is 0 Å². The minimum Gasteiger partial charge on any atom is -0.287 e. The molecule has 1 aliphatic rings. The number of rotatable bonds is 0. The van der Waals surface area contributed by atoms with Crippen molar-refractivity contribution in [3.63, 3.8) is 0 Å². The van der Waals surface area contributed by atoms with Gasteiger partial charge in [-0.1, -0.05) is 12.5 Å². The SMILES string of the molecule is FC1=CC[CH-]C#C1.[U]. The molecule has 8 heavy (non-hydrogen) atoms. The molecular formula is C6H4FU-. The Balaban J connectivity index is 0.000000490. The molecule has 0 aromatic rings. The van der Waals surface area contributed by atoms with Crippen LogP contribution in [0.4, 0.5) is 4.39 Å². The summed E-state index contributed by atoms with van der Waals surface area (Å²) in [4.78, 5) is 0. The zero-order chi connectivity index (χ0) is 5.11. The van der Waals surface area contributed by atoms with Gasteiger partial charge in [-0.05, 0) is 0 Å². The van der Waals surface area contributed by atoms with Crippen LogP contribution in [0.5, 0.6) is 0 Å². The zero-order valence-electron chi connectivity index (χ0n) is 4.24. The van der Waals surface area contributed by atoms with E-state index >= 15 is 0 Å². The van der Waals surface area contributed by atoms with Crippen molar-refractivity contribution in [1.29, 1.82) is 0 Å². The molecule has 0 spiro atoms. The van der Waals surface area contributed by atoms with Crippen molar-refractivity contribution >= 4 is 0 Å². The van der Waals surface area contributed by atoms with Crippen LogP contribution in [-0.2, 0) is 0 Å². The maximum atomic E-state index is 11.9. The fourth-order valence-electron chi connectivity index (χ4n) is 0.392. The predicted molar refractivity (Wildman–Crippen MR) is 25.9 cm³/mol. The first-order valence-electron chi connectivity index (χ1n) is 2.08. The summed E-state index contributed by atoms with van der Waals surface area (Å²) < 4.78 is 11.9. The number of hydrogen-bond donors (Lipinski definition) is 0. The van der Waals surface area contributed by atoms with Gasteiger partial charge in [-0.3, -0.25) is 11.8 Å². The van der Waals surface area contributed by atoms with Crippen LogP contribution >= 0.6 is 0 Å². The third kappa shape index (κ3) is 2.46.